The van der Waals surface area contributed by atoms with E-state index in [2.05, 4.69) is 20.2 Å². The van der Waals surface area contributed by atoms with Crippen LogP contribution in [0.5, 0.6) is 0 Å². The number of carbonyl (C=O) groups is 1. The Morgan fingerprint density at radius 3 is 2.54 bits per heavy atom. The minimum atomic E-state index is -3.69. The molecule has 0 atom stereocenters. The molecular formula is C15H19N5O3S. The van der Waals surface area contributed by atoms with Gasteiger partial charge in [-0.25, -0.2) is 17.8 Å². The molecule has 9 heteroatoms. The molecule has 0 saturated heterocycles. The van der Waals surface area contributed by atoms with Crippen molar-refractivity contribution >= 4 is 15.8 Å². The van der Waals surface area contributed by atoms with Crippen molar-refractivity contribution < 1.29 is 13.2 Å². The molecule has 128 valence electrons. The third kappa shape index (κ3) is 3.51. The number of carbonyl (C=O) groups excluding carboxylic acids is 1. The summed E-state index contributed by atoms with van der Waals surface area (Å²) in [7, 11) is -3.69. The molecule has 0 bridgehead atoms. The number of nitrogens with one attached hydrogen (secondary N) is 1. The predicted octanol–water partition coefficient (Wildman–Crippen LogP) is 1.47. The van der Waals surface area contributed by atoms with E-state index in [0.717, 1.165) is 25.7 Å². The normalized spacial score (nSPS) is 15.7. The molecule has 0 amide bonds. The summed E-state index contributed by atoms with van der Waals surface area (Å²) in [6.45, 7) is 1.46. The second-order valence-corrected chi connectivity index (χ2v) is 7.65. The predicted molar refractivity (Wildman–Crippen MR) is 85.8 cm³/mol. The van der Waals surface area contributed by atoms with Gasteiger partial charge >= 0.3 is 0 Å². The summed E-state index contributed by atoms with van der Waals surface area (Å²) < 4.78 is 29.0. The molecule has 1 N–H and O–H groups in total. The van der Waals surface area contributed by atoms with Gasteiger partial charge in [0.05, 0.1) is 17.5 Å². The van der Waals surface area contributed by atoms with Gasteiger partial charge in [-0.3, -0.25) is 4.79 Å². The monoisotopic (exact) mass is 349 g/mol. The maximum absolute atomic E-state index is 12.4. The lowest BCUT2D eigenvalue weighted by atomic mass is 10.2. The molecule has 1 aromatic heterocycles. The Balaban J connectivity index is 1.71. The SMILES string of the molecule is CC(=O)c1ccc(S(=O)(=O)NCc2nnnn2C2CCCC2)cc1. The van der Waals surface area contributed by atoms with Crippen molar-refractivity contribution in [3.05, 3.63) is 35.7 Å². The van der Waals surface area contributed by atoms with E-state index in [4.69, 9.17) is 0 Å². The molecular weight excluding hydrogens is 330 g/mol. The quantitative estimate of drug-likeness (QED) is 0.792. The maximum atomic E-state index is 12.4. The van der Waals surface area contributed by atoms with Gasteiger partial charge in [-0.1, -0.05) is 25.0 Å². The number of hydrogen-bond donors (Lipinski definition) is 1. The summed E-state index contributed by atoms with van der Waals surface area (Å²) in [4.78, 5) is 11.4. The van der Waals surface area contributed by atoms with Crippen LogP contribution in [-0.4, -0.2) is 34.4 Å². The van der Waals surface area contributed by atoms with Crippen LogP contribution >= 0.6 is 0 Å². The van der Waals surface area contributed by atoms with E-state index in [9.17, 15) is 13.2 Å². The van der Waals surface area contributed by atoms with Crippen molar-refractivity contribution in [3.63, 3.8) is 0 Å². The number of rotatable bonds is 6. The molecule has 2 aromatic rings. The van der Waals surface area contributed by atoms with Crippen molar-refractivity contribution in [1.82, 2.24) is 24.9 Å². The third-order valence-electron chi connectivity index (χ3n) is 4.22. The van der Waals surface area contributed by atoms with Crippen molar-refractivity contribution in [2.45, 2.75) is 50.1 Å². The largest absolute Gasteiger partial charge is 0.295 e. The van der Waals surface area contributed by atoms with E-state index in [0.29, 0.717) is 11.4 Å². The highest BCUT2D eigenvalue weighted by molar-refractivity contribution is 7.89. The van der Waals surface area contributed by atoms with Crippen LogP contribution in [0.15, 0.2) is 29.2 Å². The van der Waals surface area contributed by atoms with Crippen LogP contribution < -0.4 is 4.72 Å². The van der Waals surface area contributed by atoms with E-state index in [1.54, 1.807) is 4.68 Å². The lowest BCUT2D eigenvalue weighted by Gasteiger charge is -2.12. The molecule has 0 unspecified atom stereocenters. The van der Waals surface area contributed by atoms with E-state index in [1.807, 2.05) is 0 Å². The highest BCUT2D eigenvalue weighted by Gasteiger charge is 2.22. The number of hydrogen-bond acceptors (Lipinski definition) is 6. The zero-order valence-electron chi connectivity index (χ0n) is 13.3. The van der Waals surface area contributed by atoms with Gasteiger partial charge in [0.1, 0.15) is 0 Å². The van der Waals surface area contributed by atoms with E-state index < -0.39 is 10.0 Å². The molecule has 1 fully saturated rings. The first-order valence-electron chi connectivity index (χ1n) is 7.85. The molecule has 0 spiro atoms. The average Bonchev–Trinajstić information content (AvgIpc) is 3.24. The van der Waals surface area contributed by atoms with Gasteiger partial charge in [0, 0.05) is 5.56 Å². The molecule has 1 aliphatic carbocycles. The molecule has 24 heavy (non-hydrogen) atoms. The Kier molecular flexibility index (Phi) is 4.72. The van der Waals surface area contributed by atoms with Crippen LogP contribution in [0.4, 0.5) is 0 Å². The Morgan fingerprint density at radius 2 is 1.92 bits per heavy atom. The first kappa shape index (κ1) is 16.7. The summed E-state index contributed by atoms with van der Waals surface area (Å²) in [5.41, 5.74) is 0.471. The molecule has 1 saturated carbocycles. The van der Waals surface area contributed by atoms with Gasteiger partial charge in [-0.15, -0.1) is 5.10 Å². The van der Waals surface area contributed by atoms with Crippen LogP contribution in [0.1, 0.15) is 54.8 Å². The molecule has 0 radical (unpaired) electrons. The number of Topliss-reactive ketones (excluding diaryl/α,β-unsaturated/α-hetero) is 1. The van der Waals surface area contributed by atoms with Crippen molar-refractivity contribution in [2.75, 3.05) is 0 Å². The smallest absolute Gasteiger partial charge is 0.240 e. The second-order valence-electron chi connectivity index (χ2n) is 5.88. The molecule has 8 nitrogen and oxygen atoms in total. The zero-order chi connectivity index (χ0) is 17.2. The van der Waals surface area contributed by atoms with E-state index >= 15 is 0 Å². The van der Waals surface area contributed by atoms with Gasteiger partial charge in [0.15, 0.2) is 11.6 Å². The fraction of sp³-hybridized carbons (Fsp3) is 0.467. The Bertz CT molecular complexity index is 823. The van der Waals surface area contributed by atoms with Crippen LogP contribution in [0.3, 0.4) is 0 Å². The minimum Gasteiger partial charge on any atom is -0.295 e. The Hall–Kier alpha value is -2.13. The summed E-state index contributed by atoms with van der Waals surface area (Å²) in [5.74, 6) is 0.397. The lowest BCUT2D eigenvalue weighted by Crippen LogP contribution is -2.26. The lowest BCUT2D eigenvalue weighted by molar-refractivity contribution is 0.101. The van der Waals surface area contributed by atoms with Crippen LogP contribution in [0, 0.1) is 0 Å². The maximum Gasteiger partial charge on any atom is 0.240 e. The standard InChI is InChI=1S/C15H19N5O3S/c1-11(21)12-6-8-14(9-7-12)24(22,23)16-10-15-17-18-19-20(15)13-4-2-3-5-13/h6-9,13,16H,2-5,10H2,1H3. The third-order valence-corrected chi connectivity index (χ3v) is 5.64. The average molecular weight is 349 g/mol. The van der Waals surface area contributed by atoms with Gasteiger partial charge in [-0.2, -0.15) is 0 Å². The Labute approximate surface area is 140 Å². The molecule has 1 heterocycles. The number of benzene rings is 1. The molecule has 1 aromatic carbocycles. The summed E-state index contributed by atoms with van der Waals surface area (Å²) in [6, 6.07) is 6.08. The fourth-order valence-corrected chi connectivity index (χ4v) is 3.85. The molecule has 1 aliphatic rings. The number of ketones is 1. The van der Waals surface area contributed by atoms with Crippen molar-refractivity contribution in [2.24, 2.45) is 0 Å². The van der Waals surface area contributed by atoms with E-state index in [-0.39, 0.29) is 23.3 Å². The summed E-state index contributed by atoms with van der Waals surface area (Å²) in [6.07, 6.45) is 4.30. The summed E-state index contributed by atoms with van der Waals surface area (Å²) >= 11 is 0. The van der Waals surface area contributed by atoms with Crippen LogP contribution in [-0.2, 0) is 16.6 Å². The number of sulfonamides is 1. The van der Waals surface area contributed by atoms with Crippen LogP contribution in [0.2, 0.25) is 0 Å². The first-order valence-corrected chi connectivity index (χ1v) is 9.33. The van der Waals surface area contributed by atoms with Gasteiger partial charge in [0.25, 0.3) is 0 Å². The second kappa shape index (κ2) is 6.78. The van der Waals surface area contributed by atoms with Gasteiger partial charge < -0.3 is 0 Å². The fourth-order valence-electron chi connectivity index (χ4n) is 2.87. The van der Waals surface area contributed by atoms with Crippen LogP contribution in [0.25, 0.3) is 0 Å². The first-order chi connectivity index (χ1) is 11.5. The number of aromatic nitrogens is 4. The number of nitrogens with zero attached hydrogens (tertiary/aromatic N) is 4. The van der Waals surface area contributed by atoms with Gasteiger partial charge in [-0.05, 0) is 42.3 Å². The van der Waals surface area contributed by atoms with E-state index in [1.165, 1.54) is 31.2 Å². The Morgan fingerprint density at radius 1 is 1.25 bits per heavy atom. The topological polar surface area (TPSA) is 107 Å². The highest BCUT2D eigenvalue weighted by atomic mass is 32.2. The number of tetrazole rings is 1. The zero-order valence-corrected chi connectivity index (χ0v) is 14.2. The molecule has 3 rings (SSSR count). The molecule has 0 aliphatic heterocycles. The van der Waals surface area contributed by atoms with Crippen molar-refractivity contribution in [3.8, 4) is 0 Å². The highest BCUT2D eigenvalue weighted by Crippen LogP contribution is 2.29. The van der Waals surface area contributed by atoms with Gasteiger partial charge in [0.2, 0.25) is 10.0 Å². The van der Waals surface area contributed by atoms with Crippen molar-refractivity contribution in [1.29, 1.82) is 0 Å². The summed E-state index contributed by atoms with van der Waals surface area (Å²) in [5, 5.41) is 11.6. The minimum absolute atomic E-state index is 0.0281.